The standard InChI is InChI=1S/C30H30FNO5/c1-3-5-23-18-24(30(34)22-6-10-25(31)11-7-22)9-13-28(23)37-17-4-16-36-26-12-8-21-14-15-32(27(21)19-26)20-29(33)35-2/h6-15,18-19H,3-5,16-17,20H2,1-2H3. The van der Waals surface area contributed by atoms with E-state index in [4.69, 9.17) is 14.2 Å². The molecule has 0 amide bonds. The average Bonchev–Trinajstić information content (AvgIpc) is 3.31. The van der Waals surface area contributed by atoms with Crippen molar-refractivity contribution in [2.75, 3.05) is 20.3 Å². The molecule has 4 rings (SSSR count). The van der Waals surface area contributed by atoms with Crippen molar-refractivity contribution in [1.29, 1.82) is 0 Å². The summed E-state index contributed by atoms with van der Waals surface area (Å²) < 4.78 is 31.7. The summed E-state index contributed by atoms with van der Waals surface area (Å²) in [7, 11) is 1.37. The molecule has 192 valence electrons. The molecular weight excluding hydrogens is 473 g/mol. The van der Waals surface area contributed by atoms with Crippen molar-refractivity contribution in [1.82, 2.24) is 4.57 Å². The summed E-state index contributed by atoms with van der Waals surface area (Å²) in [6.07, 6.45) is 4.21. The normalized spacial score (nSPS) is 10.9. The van der Waals surface area contributed by atoms with Crippen molar-refractivity contribution in [3.8, 4) is 11.5 Å². The molecule has 1 aromatic heterocycles. The number of rotatable bonds is 12. The first-order valence-electron chi connectivity index (χ1n) is 12.3. The number of aryl methyl sites for hydroxylation is 1. The molecule has 37 heavy (non-hydrogen) atoms. The van der Waals surface area contributed by atoms with Crippen LogP contribution in [0.1, 0.15) is 41.3 Å². The van der Waals surface area contributed by atoms with Crippen LogP contribution in [-0.4, -0.2) is 36.6 Å². The van der Waals surface area contributed by atoms with Crippen molar-refractivity contribution >= 4 is 22.7 Å². The van der Waals surface area contributed by atoms with Crippen LogP contribution in [0.5, 0.6) is 11.5 Å². The molecular formula is C30H30FNO5. The summed E-state index contributed by atoms with van der Waals surface area (Å²) in [5, 5.41) is 1.02. The van der Waals surface area contributed by atoms with Gasteiger partial charge in [-0.05, 0) is 78.0 Å². The number of esters is 1. The van der Waals surface area contributed by atoms with Gasteiger partial charge in [0.25, 0.3) is 0 Å². The maximum atomic E-state index is 13.2. The molecule has 0 aliphatic heterocycles. The Hall–Kier alpha value is -4.13. The van der Waals surface area contributed by atoms with E-state index in [2.05, 4.69) is 6.92 Å². The number of hydrogen-bond donors (Lipinski definition) is 0. The van der Waals surface area contributed by atoms with Gasteiger partial charge in [-0.25, -0.2) is 4.39 Å². The highest BCUT2D eigenvalue weighted by Gasteiger charge is 2.13. The number of carbonyl (C=O) groups is 2. The molecule has 0 unspecified atom stereocenters. The molecule has 0 saturated heterocycles. The van der Waals surface area contributed by atoms with Gasteiger partial charge < -0.3 is 18.8 Å². The fourth-order valence-electron chi connectivity index (χ4n) is 4.12. The van der Waals surface area contributed by atoms with Crippen molar-refractivity contribution in [3.63, 3.8) is 0 Å². The van der Waals surface area contributed by atoms with Crippen LogP contribution in [-0.2, 0) is 22.5 Å². The van der Waals surface area contributed by atoms with Crippen LogP contribution in [0, 0.1) is 5.82 Å². The lowest BCUT2D eigenvalue weighted by molar-refractivity contribution is -0.141. The molecule has 0 saturated carbocycles. The van der Waals surface area contributed by atoms with Gasteiger partial charge in [0.2, 0.25) is 0 Å². The molecule has 0 N–H and O–H groups in total. The maximum Gasteiger partial charge on any atom is 0.325 e. The number of hydrogen-bond acceptors (Lipinski definition) is 5. The minimum atomic E-state index is -0.371. The topological polar surface area (TPSA) is 66.8 Å². The molecule has 0 spiro atoms. The van der Waals surface area contributed by atoms with Gasteiger partial charge in [-0.1, -0.05) is 13.3 Å². The third-order valence-corrected chi connectivity index (χ3v) is 6.04. The van der Waals surface area contributed by atoms with E-state index in [1.807, 2.05) is 47.2 Å². The minimum absolute atomic E-state index is 0.145. The number of nitrogens with zero attached hydrogens (tertiary/aromatic N) is 1. The highest BCUT2D eigenvalue weighted by Crippen LogP contribution is 2.25. The van der Waals surface area contributed by atoms with Crippen LogP contribution in [0.25, 0.3) is 10.9 Å². The second-order valence-corrected chi connectivity index (χ2v) is 8.70. The Morgan fingerprint density at radius 3 is 2.41 bits per heavy atom. The summed E-state index contributed by atoms with van der Waals surface area (Å²) in [5.41, 5.74) is 2.87. The van der Waals surface area contributed by atoms with Crippen LogP contribution >= 0.6 is 0 Å². The molecule has 0 aliphatic rings. The van der Waals surface area contributed by atoms with Gasteiger partial charge in [0.15, 0.2) is 5.78 Å². The van der Waals surface area contributed by atoms with E-state index in [1.54, 1.807) is 6.07 Å². The van der Waals surface area contributed by atoms with E-state index < -0.39 is 0 Å². The number of benzene rings is 3. The zero-order chi connectivity index (χ0) is 26.2. The molecule has 7 heteroatoms. The van der Waals surface area contributed by atoms with Gasteiger partial charge in [-0.2, -0.15) is 0 Å². The second-order valence-electron chi connectivity index (χ2n) is 8.70. The SMILES string of the molecule is CCCc1cc(C(=O)c2ccc(F)cc2)ccc1OCCCOc1ccc2ccn(CC(=O)OC)c2c1. The van der Waals surface area contributed by atoms with E-state index in [9.17, 15) is 14.0 Å². The third-order valence-electron chi connectivity index (χ3n) is 6.04. The number of ether oxygens (including phenoxy) is 3. The maximum absolute atomic E-state index is 13.2. The van der Waals surface area contributed by atoms with Crippen molar-refractivity contribution in [3.05, 3.63) is 95.4 Å². The summed E-state index contributed by atoms with van der Waals surface area (Å²) in [6, 6.07) is 18.7. The zero-order valence-electron chi connectivity index (χ0n) is 21.0. The first kappa shape index (κ1) is 25.9. The van der Waals surface area contributed by atoms with Gasteiger partial charge in [-0.3, -0.25) is 9.59 Å². The van der Waals surface area contributed by atoms with E-state index in [1.165, 1.54) is 31.4 Å². The van der Waals surface area contributed by atoms with E-state index in [0.29, 0.717) is 36.5 Å². The Labute approximate surface area is 215 Å². The lowest BCUT2D eigenvalue weighted by Crippen LogP contribution is -2.10. The van der Waals surface area contributed by atoms with Crippen LogP contribution in [0.2, 0.25) is 0 Å². The first-order valence-corrected chi connectivity index (χ1v) is 12.3. The van der Waals surface area contributed by atoms with Crippen LogP contribution < -0.4 is 9.47 Å². The Morgan fingerprint density at radius 2 is 1.65 bits per heavy atom. The monoisotopic (exact) mass is 503 g/mol. The van der Waals surface area contributed by atoms with Gasteiger partial charge in [-0.15, -0.1) is 0 Å². The molecule has 0 aliphatic carbocycles. The summed E-state index contributed by atoms with van der Waals surface area (Å²) in [4.78, 5) is 24.5. The predicted molar refractivity (Wildman–Crippen MR) is 140 cm³/mol. The molecule has 3 aromatic carbocycles. The molecule has 0 radical (unpaired) electrons. The largest absolute Gasteiger partial charge is 0.493 e. The smallest absolute Gasteiger partial charge is 0.325 e. The Balaban J connectivity index is 1.33. The third kappa shape index (κ3) is 6.55. The van der Waals surface area contributed by atoms with Crippen LogP contribution in [0.4, 0.5) is 4.39 Å². The molecule has 4 aromatic rings. The lowest BCUT2D eigenvalue weighted by atomic mass is 9.99. The second kappa shape index (κ2) is 12.2. The van der Waals surface area contributed by atoms with Crippen LogP contribution in [0.15, 0.2) is 72.9 Å². The molecule has 0 atom stereocenters. The fraction of sp³-hybridized carbons (Fsp3) is 0.267. The Morgan fingerprint density at radius 1 is 0.892 bits per heavy atom. The molecule has 0 bridgehead atoms. The molecule has 0 fully saturated rings. The number of ketones is 1. The Kier molecular flexibility index (Phi) is 8.56. The van der Waals surface area contributed by atoms with Gasteiger partial charge in [0.05, 0.1) is 25.8 Å². The highest BCUT2D eigenvalue weighted by atomic mass is 19.1. The summed E-state index contributed by atoms with van der Waals surface area (Å²) in [5.74, 6) is 0.639. The number of carbonyl (C=O) groups excluding carboxylic acids is 2. The van der Waals surface area contributed by atoms with E-state index in [-0.39, 0.29) is 24.1 Å². The van der Waals surface area contributed by atoms with Crippen molar-refractivity contribution in [2.24, 2.45) is 0 Å². The number of aromatic nitrogens is 1. The first-order chi connectivity index (χ1) is 18.0. The molecule has 6 nitrogen and oxygen atoms in total. The molecule has 1 heterocycles. The fourth-order valence-corrected chi connectivity index (χ4v) is 4.12. The van der Waals surface area contributed by atoms with E-state index in [0.717, 1.165) is 35.1 Å². The number of halogens is 1. The van der Waals surface area contributed by atoms with Crippen LogP contribution in [0.3, 0.4) is 0 Å². The van der Waals surface area contributed by atoms with Gasteiger partial charge >= 0.3 is 5.97 Å². The van der Waals surface area contributed by atoms with Gasteiger partial charge in [0.1, 0.15) is 23.9 Å². The van der Waals surface area contributed by atoms with Crippen molar-refractivity contribution in [2.45, 2.75) is 32.7 Å². The van der Waals surface area contributed by atoms with Crippen molar-refractivity contribution < 1.29 is 28.2 Å². The van der Waals surface area contributed by atoms with E-state index >= 15 is 0 Å². The minimum Gasteiger partial charge on any atom is -0.493 e. The number of fused-ring (bicyclic) bond motifs is 1. The van der Waals surface area contributed by atoms with Gasteiger partial charge in [0, 0.05) is 29.8 Å². The summed E-state index contributed by atoms with van der Waals surface area (Å²) >= 11 is 0. The number of methoxy groups -OCH3 is 1. The highest BCUT2D eigenvalue weighted by molar-refractivity contribution is 6.09. The quantitative estimate of drug-likeness (QED) is 0.135. The Bertz CT molecular complexity index is 1380. The predicted octanol–water partition coefficient (Wildman–Crippen LogP) is 5.98. The average molecular weight is 504 g/mol. The summed E-state index contributed by atoms with van der Waals surface area (Å²) in [6.45, 7) is 3.15. The zero-order valence-corrected chi connectivity index (χ0v) is 21.0. The lowest BCUT2D eigenvalue weighted by Gasteiger charge is -2.13.